The molecule has 3 aromatic rings. The van der Waals surface area contributed by atoms with Crippen LogP contribution in [-0.2, 0) is 6.18 Å². The van der Waals surface area contributed by atoms with E-state index in [0.29, 0.717) is 9.56 Å². The predicted octanol–water partition coefficient (Wildman–Crippen LogP) is 6.64. The molecular formula is C19H13BrF6N4OS. The number of thiophene rings is 1. The fraction of sp³-hybridized carbons (Fsp3) is 0.263. The number of alkyl halides is 6. The van der Waals surface area contributed by atoms with Crippen molar-refractivity contribution in [2.24, 2.45) is 0 Å². The number of para-hydroxylation sites is 1. The van der Waals surface area contributed by atoms with Gasteiger partial charge in [0.25, 0.3) is 5.91 Å². The molecule has 0 unspecified atom stereocenters. The predicted molar refractivity (Wildman–Crippen MR) is 110 cm³/mol. The van der Waals surface area contributed by atoms with Crippen molar-refractivity contribution in [2.45, 2.75) is 30.9 Å². The van der Waals surface area contributed by atoms with Crippen molar-refractivity contribution < 1.29 is 31.1 Å². The smallest absolute Gasteiger partial charge is 0.362 e. The van der Waals surface area contributed by atoms with Crippen LogP contribution in [-0.4, -0.2) is 21.9 Å². The van der Waals surface area contributed by atoms with Crippen LogP contribution in [0.25, 0.3) is 0 Å². The maximum absolute atomic E-state index is 13.8. The Morgan fingerprint density at radius 3 is 2.50 bits per heavy atom. The van der Waals surface area contributed by atoms with E-state index < -0.39 is 47.3 Å². The largest absolute Gasteiger partial charge is 0.418 e. The summed E-state index contributed by atoms with van der Waals surface area (Å²) in [7, 11) is 0. The normalized spacial score (nSPS) is 18.7. The van der Waals surface area contributed by atoms with Gasteiger partial charge >= 0.3 is 12.4 Å². The molecule has 0 saturated heterocycles. The van der Waals surface area contributed by atoms with E-state index in [-0.39, 0.29) is 16.7 Å². The number of aromatic nitrogens is 2. The molecule has 4 rings (SSSR count). The molecule has 0 fully saturated rings. The standard InChI is InChI=1S/C19H13BrF6N4OS/c20-14-15(17(31)28-10-5-2-1-4-9(10)18(21,22)23)29-30-13(19(24,25)26)8-11(27-16(14)30)12-6-3-7-32-12/h1-7,11,13,27H,8H2,(H,28,31)/t11-,13+/m0/s1. The maximum atomic E-state index is 13.8. The first kappa shape index (κ1) is 22.6. The van der Waals surface area contributed by atoms with Crippen LogP contribution in [0, 0.1) is 0 Å². The molecule has 2 aromatic heterocycles. The second kappa shape index (κ2) is 8.10. The van der Waals surface area contributed by atoms with Gasteiger partial charge in [-0.2, -0.15) is 31.4 Å². The van der Waals surface area contributed by atoms with Crippen LogP contribution in [0.2, 0.25) is 0 Å². The van der Waals surface area contributed by atoms with Crippen LogP contribution in [0.15, 0.2) is 46.3 Å². The molecule has 1 amide bonds. The van der Waals surface area contributed by atoms with Gasteiger partial charge in [-0.3, -0.25) is 4.79 Å². The molecule has 2 N–H and O–H groups in total. The molecule has 1 aliphatic rings. The van der Waals surface area contributed by atoms with E-state index in [2.05, 4.69) is 31.7 Å². The fourth-order valence-electron chi connectivity index (χ4n) is 3.43. The van der Waals surface area contributed by atoms with Gasteiger partial charge < -0.3 is 10.6 Å². The van der Waals surface area contributed by atoms with Crippen molar-refractivity contribution in [3.05, 3.63) is 62.4 Å². The lowest BCUT2D eigenvalue weighted by Gasteiger charge is -2.33. The van der Waals surface area contributed by atoms with Gasteiger partial charge in [-0.15, -0.1) is 11.3 Å². The molecule has 3 heterocycles. The number of fused-ring (bicyclic) bond motifs is 1. The average molecular weight is 539 g/mol. The number of carbonyl (C=O) groups excluding carboxylic acids is 1. The summed E-state index contributed by atoms with van der Waals surface area (Å²) in [6.07, 6.45) is -9.75. The summed E-state index contributed by atoms with van der Waals surface area (Å²) >= 11 is 4.38. The Hall–Kier alpha value is -2.54. The minimum Gasteiger partial charge on any atom is -0.362 e. The number of rotatable bonds is 3. The van der Waals surface area contributed by atoms with Gasteiger partial charge in [0.2, 0.25) is 0 Å². The Morgan fingerprint density at radius 2 is 1.88 bits per heavy atom. The molecule has 0 aliphatic carbocycles. The summed E-state index contributed by atoms with van der Waals surface area (Å²) in [6, 6.07) is 5.00. The zero-order valence-electron chi connectivity index (χ0n) is 15.8. The molecule has 0 bridgehead atoms. The van der Waals surface area contributed by atoms with Crippen LogP contribution < -0.4 is 10.6 Å². The second-order valence-electron chi connectivity index (χ2n) is 6.96. The molecule has 13 heteroatoms. The third-order valence-electron chi connectivity index (χ3n) is 4.88. The first-order chi connectivity index (χ1) is 15.0. The molecule has 1 aliphatic heterocycles. The lowest BCUT2D eigenvalue weighted by Crippen LogP contribution is -2.35. The Labute approximate surface area is 189 Å². The number of nitrogens with one attached hydrogen (secondary N) is 2. The van der Waals surface area contributed by atoms with Crippen molar-refractivity contribution in [2.75, 3.05) is 10.6 Å². The highest BCUT2D eigenvalue weighted by molar-refractivity contribution is 9.10. The maximum Gasteiger partial charge on any atom is 0.418 e. The zero-order chi connectivity index (χ0) is 23.3. The summed E-state index contributed by atoms with van der Waals surface area (Å²) < 4.78 is 81.6. The minimum atomic E-state index is -4.73. The van der Waals surface area contributed by atoms with Crippen LogP contribution >= 0.6 is 27.3 Å². The lowest BCUT2D eigenvalue weighted by atomic mass is 10.0. The van der Waals surface area contributed by atoms with Crippen LogP contribution in [0.4, 0.5) is 37.8 Å². The van der Waals surface area contributed by atoms with Gasteiger partial charge in [-0.1, -0.05) is 18.2 Å². The van der Waals surface area contributed by atoms with E-state index in [1.54, 1.807) is 17.5 Å². The third-order valence-corrected chi connectivity index (χ3v) is 6.62. The van der Waals surface area contributed by atoms with Crippen molar-refractivity contribution in [1.29, 1.82) is 0 Å². The summed E-state index contributed by atoms with van der Waals surface area (Å²) in [4.78, 5) is 13.4. The van der Waals surface area contributed by atoms with Crippen LogP contribution in [0.5, 0.6) is 0 Å². The molecule has 5 nitrogen and oxygen atoms in total. The molecule has 2 atom stereocenters. The quantitative estimate of drug-likeness (QED) is 0.367. The van der Waals surface area contributed by atoms with Crippen LogP contribution in [0.3, 0.4) is 0 Å². The van der Waals surface area contributed by atoms with E-state index in [1.165, 1.54) is 17.4 Å². The van der Waals surface area contributed by atoms with Gasteiger partial charge in [0, 0.05) is 11.3 Å². The molecular weight excluding hydrogens is 526 g/mol. The number of hydrogen-bond acceptors (Lipinski definition) is 4. The summed E-state index contributed by atoms with van der Waals surface area (Å²) in [5.41, 5.74) is -2.08. The number of hydrogen-bond donors (Lipinski definition) is 2. The topological polar surface area (TPSA) is 59.0 Å². The first-order valence-corrected chi connectivity index (χ1v) is 10.8. The summed E-state index contributed by atoms with van der Waals surface area (Å²) in [5.74, 6) is -1.16. The highest BCUT2D eigenvalue weighted by Gasteiger charge is 2.48. The number of carbonyl (C=O) groups is 1. The fourth-order valence-corrected chi connectivity index (χ4v) is 4.78. The number of amides is 1. The van der Waals surface area contributed by atoms with E-state index in [9.17, 15) is 31.1 Å². The van der Waals surface area contributed by atoms with Gasteiger partial charge in [0.1, 0.15) is 5.82 Å². The highest BCUT2D eigenvalue weighted by atomic mass is 79.9. The first-order valence-electron chi connectivity index (χ1n) is 9.09. The van der Waals surface area contributed by atoms with Gasteiger partial charge in [-0.25, -0.2) is 4.68 Å². The monoisotopic (exact) mass is 538 g/mol. The van der Waals surface area contributed by atoms with E-state index in [0.717, 1.165) is 18.2 Å². The number of nitrogens with zero attached hydrogens (tertiary/aromatic N) is 2. The number of benzene rings is 1. The Balaban J connectivity index is 1.71. The van der Waals surface area contributed by atoms with E-state index >= 15 is 0 Å². The molecule has 170 valence electrons. The zero-order valence-corrected chi connectivity index (χ0v) is 18.2. The van der Waals surface area contributed by atoms with Gasteiger partial charge in [-0.05, 0) is 39.5 Å². The Morgan fingerprint density at radius 1 is 1.16 bits per heavy atom. The molecule has 0 radical (unpaired) electrons. The minimum absolute atomic E-state index is 0.0741. The number of halogens is 7. The van der Waals surface area contributed by atoms with E-state index in [4.69, 9.17) is 0 Å². The molecule has 0 spiro atoms. The highest BCUT2D eigenvalue weighted by Crippen LogP contribution is 2.47. The van der Waals surface area contributed by atoms with Crippen molar-refractivity contribution >= 4 is 44.7 Å². The van der Waals surface area contributed by atoms with Crippen molar-refractivity contribution in [1.82, 2.24) is 9.78 Å². The van der Waals surface area contributed by atoms with Gasteiger partial charge in [0.05, 0.1) is 21.8 Å². The molecule has 1 aromatic carbocycles. The van der Waals surface area contributed by atoms with Crippen molar-refractivity contribution in [3.8, 4) is 0 Å². The average Bonchev–Trinajstić information content (AvgIpc) is 3.35. The second-order valence-corrected chi connectivity index (χ2v) is 8.73. The third kappa shape index (κ3) is 4.22. The molecule has 0 saturated carbocycles. The summed E-state index contributed by atoms with van der Waals surface area (Å²) in [6.45, 7) is 0. The summed E-state index contributed by atoms with van der Waals surface area (Å²) in [5, 5.41) is 10.6. The van der Waals surface area contributed by atoms with Crippen LogP contribution in [0.1, 0.15) is 39.4 Å². The van der Waals surface area contributed by atoms with Gasteiger partial charge in [0.15, 0.2) is 11.7 Å². The lowest BCUT2D eigenvalue weighted by molar-refractivity contribution is -0.173. The Bertz CT molecular complexity index is 1140. The van der Waals surface area contributed by atoms with E-state index in [1.807, 2.05) is 0 Å². The van der Waals surface area contributed by atoms with Crippen molar-refractivity contribution in [3.63, 3.8) is 0 Å². The Kier molecular flexibility index (Phi) is 5.74. The SMILES string of the molecule is O=C(Nc1ccccc1C(F)(F)F)c1nn2c(c1Br)N[C@H](c1cccs1)C[C@@H]2C(F)(F)F. The number of anilines is 2. The molecule has 32 heavy (non-hydrogen) atoms.